The molecule has 1 fully saturated rings. The molecule has 0 radical (unpaired) electrons. The lowest BCUT2D eigenvalue weighted by Gasteiger charge is -2.25. The van der Waals surface area contributed by atoms with Crippen molar-refractivity contribution >= 4 is 5.69 Å². The summed E-state index contributed by atoms with van der Waals surface area (Å²) >= 11 is 0. The maximum atomic E-state index is 14.0. The van der Waals surface area contributed by atoms with Crippen LogP contribution >= 0.6 is 0 Å². The summed E-state index contributed by atoms with van der Waals surface area (Å²) in [6.45, 7) is 2.25. The van der Waals surface area contributed by atoms with Gasteiger partial charge < -0.3 is 15.0 Å². The van der Waals surface area contributed by atoms with Gasteiger partial charge in [-0.1, -0.05) is 12.1 Å². The molecule has 0 aliphatic carbocycles. The van der Waals surface area contributed by atoms with E-state index < -0.39 is 0 Å². The van der Waals surface area contributed by atoms with Gasteiger partial charge in [0.1, 0.15) is 5.82 Å². The van der Waals surface area contributed by atoms with E-state index in [-0.39, 0.29) is 11.9 Å². The average Bonchev–Trinajstić information content (AvgIpc) is 2.82. The number of ether oxygens (including phenoxy) is 1. The highest BCUT2D eigenvalue weighted by Crippen LogP contribution is 2.25. The highest BCUT2D eigenvalue weighted by atomic mass is 19.1. The molecule has 3 nitrogen and oxygen atoms in total. The van der Waals surface area contributed by atoms with Crippen molar-refractivity contribution in [1.82, 2.24) is 5.32 Å². The summed E-state index contributed by atoms with van der Waals surface area (Å²) in [5, 5.41) is 3.08. The topological polar surface area (TPSA) is 24.5 Å². The Morgan fingerprint density at radius 2 is 2.33 bits per heavy atom. The first-order valence-corrected chi connectivity index (χ1v) is 6.47. The first-order valence-electron chi connectivity index (χ1n) is 6.47. The molecule has 1 N–H and O–H groups in total. The number of rotatable bonds is 5. The molecular weight excluding hydrogens is 231 g/mol. The van der Waals surface area contributed by atoms with Crippen molar-refractivity contribution in [2.75, 3.05) is 32.1 Å². The molecule has 1 aromatic carbocycles. The molecule has 100 valence electrons. The lowest BCUT2D eigenvalue weighted by Crippen LogP contribution is -2.30. The largest absolute Gasteiger partial charge is 0.376 e. The Kier molecular flexibility index (Phi) is 4.55. The minimum absolute atomic E-state index is 0.164. The van der Waals surface area contributed by atoms with Gasteiger partial charge in [-0.3, -0.25) is 0 Å². The van der Waals surface area contributed by atoms with Crippen LogP contribution in [0.5, 0.6) is 0 Å². The summed E-state index contributed by atoms with van der Waals surface area (Å²) in [7, 11) is 3.80. The van der Waals surface area contributed by atoms with Crippen LogP contribution in [-0.2, 0) is 11.3 Å². The zero-order chi connectivity index (χ0) is 13.0. The van der Waals surface area contributed by atoms with Crippen LogP contribution in [0.2, 0.25) is 0 Å². The lowest BCUT2D eigenvalue weighted by atomic mass is 10.1. The molecule has 0 spiro atoms. The third-order valence-electron chi connectivity index (χ3n) is 3.32. The molecule has 1 aromatic rings. The Morgan fingerprint density at radius 3 is 3.00 bits per heavy atom. The van der Waals surface area contributed by atoms with Crippen LogP contribution in [0.4, 0.5) is 10.1 Å². The Hall–Kier alpha value is -1.13. The molecule has 1 atom stereocenters. The van der Waals surface area contributed by atoms with E-state index in [1.165, 1.54) is 6.07 Å². The molecular formula is C14H21FN2O. The van der Waals surface area contributed by atoms with Crippen molar-refractivity contribution in [3.8, 4) is 0 Å². The maximum absolute atomic E-state index is 14.0. The van der Waals surface area contributed by atoms with Crippen LogP contribution in [0.3, 0.4) is 0 Å². The fourth-order valence-corrected chi connectivity index (χ4v) is 2.51. The number of para-hydroxylation sites is 1. The minimum Gasteiger partial charge on any atom is -0.376 e. The van der Waals surface area contributed by atoms with E-state index in [0.717, 1.165) is 31.6 Å². The van der Waals surface area contributed by atoms with E-state index in [9.17, 15) is 4.39 Å². The quantitative estimate of drug-likeness (QED) is 0.869. The molecule has 0 bridgehead atoms. The van der Waals surface area contributed by atoms with E-state index in [2.05, 4.69) is 5.32 Å². The number of hydrogen-bond acceptors (Lipinski definition) is 3. The molecule has 1 saturated heterocycles. The van der Waals surface area contributed by atoms with Gasteiger partial charge in [0.15, 0.2) is 0 Å². The number of benzene rings is 1. The van der Waals surface area contributed by atoms with Gasteiger partial charge in [0, 0.05) is 26.7 Å². The van der Waals surface area contributed by atoms with Crippen LogP contribution in [0.15, 0.2) is 18.2 Å². The van der Waals surface area contributed by atoms with Crippen molar-refractivity contribution in [3.05, 3.63) is 29.6 Å². The summed E-state index contributed by atoms with van der Waals surface area (Å²) < 4.78 is 19.6. The van der Waals surface area contributed by atoms with Gasteiger partial charge >= 0.3 is 0 Å². The van der Waals surface area contributed by atoms with Crippen molar-refractivity contribution in [2.45, 2.75) is 25.5 Å². The molecule has 1 aliphatic heterocycles. The summed E-state index contributed by atoms with van der Waals surface area (Å²) in [5.41, 5.74) is 1.67. The van der Waals surface area contributed by atoms with Gasteiger partial charge in [0.2, 0.25) is 0 Å². The predicted octanol–water partition coefficient (Wildman–Crippen LogP) is 2.16. The van der Waals surface area contributed by atoms with Gasteiger partial charge in [0.05, 0.1) is 11.8 Å². The van der Waals surface area contributed by atoms with Crippen LogP contribution in [0.1, 0.15) is 18.4 Å². The Balaban J connectivity index is 2.14. The second-order valence-corrected chi connectivity index (χ2v) is 4.79. The van der Waals surface area contributed by atoms with Gasteiger partial charge in [-0.15, -0.1) is 0 Å². The standard InChI is InChI=1S/C14H21FN2O/c1-16-9-11-5-3-7-13(15)14(11)17(2)10-12-6-4-8-18-12/h3,5,7,12,16H,4,6,8-10H2,1-2H3. The van der Waals surface area contributed by atoms with Crippen molar-refractivity contribution in [1.29, 1.82) is 0 Å². The van der Waals surface area contributed by atoms with Gasteiger partial charge in [-0.25, -0.2) is 4.39 Å². The number of anilines is 1. The lowest BCUT2D eigenvalue weighted by molar-refractivity contribution is 0.116. The number of hydrogen-bond donors (Lipinski definition) is 1. The smallest absolute Gasteiger partial charge is 0.146 e. The third kappa shape index (κ3) is 3.00. The van der Waals surface area contributed by atoms with E-state index in [4.69, 9.17) is 4.74 Å². The number of halogens is 1. The highest BCUT2D eigenvalue weighted by Gasteiger charge is 2.20. The van der Waals surface area contributed by atoms with Crippen LogP contribution in [0.25, 0.3) is 0 Å². The molecule has 2 rings (SSSR count). The Morgan fingerprint density at radius 1 is 1.50 bits per heavy atom. The third-order valence-corrected chi connectivity index (χ3v) is 3.32. The van der Waals surface area contributed by atoms with E-state index in [1.807, 2.05) is 25.1 Å². The van der Waals surface area contributed by atoms with E-state index >= 15 is 0 Å². The summed E-state index contributed by atoms with van der Waals surface area (Å²) in [4.78, 5) is 1.97. The zero-order valence-electron chi connectivity index (χ0n) is 11.1. The molecule has 0 aromatic heterocycles. The van der Waals surface area contributed by atoms with Crippen LogP contribution in [-0.4, -0.2) is 33.4 Å². The van der Waals surface area contributed by atoms with Gasteiger partial charge in [-0.2, -0.15) is 0 Å². The van der Waals surface area contributed by atoms with Crippen molar-refractivity contribution in [3.63, 3.8) is 0 Å². The van der Waals surface area contributed by atoms with Crippen LogP contribution < -0.4 is 10.2 Å². The molecule has 18 heavy (non-hydrogen) atoms. The SMILES string of the molecule is CNCc1cccc(F)c1N(C)CC1CCCO1. The summed E-state index contributed by atoms with van der Waals surface area (Å²) in [6, 6.07) is 5.23. The fourth-order valence-electron chi connectivity index (χ4n) is 2.51. The predicted molar refractivity (Wildman–Crippen MR) is 71.4 cm³/mol. The van der Waals surface area contributed by atoms with Gasteiger partial charge in [0.25, 0.3) is 0 Å². The first kappa shape index (κ1) is 13.3. The maximum Gasteiger partial charge on any atom is 0.146 e. The number of nitrogens with zero attached hydrogens (tertiary/aromatic N) is 1. The molecule has 1 aliphatic rings. The molecule has 0 saturated carbocycles. The minimum atomic E-state index is -0.164. The monoisotopic (exact) mass is 252 g/mol. The number of nitrogens with one attached hydrogen (secondary N) is 1. The Labute approximate surface area is 108 Å². The van der Waals surface area contributed by atoms with Gasteiger partial charge in [-0.05, 0) is 31.5 Å². The van der Waals surface area contributed by atoms with Crippen LogP contribution in [0, 0.1) is 5.82 Å². The fraction of sp³-hybridized carbons (Fsp3) is 0.571. The number of likely N-dealkylation sites (N-methyl/N-ethyl adjacent to an activating group) is 1. The van der Waals surface area contributed by atoms with Crippen molar-refractivity contribution < 1.29 is 9.13 Å². The second-order valence-electron chi connectivity index (χ2n) is 4.79. The summed E-state index contributed by atoms with van der Waals surface area (Å²) in [5.74, 6) is -0.164. The highest BCUT2D eigenvalue weighted by molar-refractivity contribution is 5.54. The average molecular weight is 252 g/mol. The second kappa shape index (κ2) is 6.16. The first-order chi connectivity index (χ1) is 8.72. The van der Waals surface area contributed by atoms with E-state index in [1.54, 1.807) is 6.07 Å². The van der Waals surface area contributed by atoms with Crippen molar-refractivity contribution in [2.24, 2.45) is 0 Å². The van der Waals surface area contributed by atoms with E-state index in [0.29, 0.717) is 12.2 Å². The molecule has 1 unspecified atom stereocenters. The molecule has 1 heterocycles. The molecule has 4 heteroatoms. The Bertz CT molecular complexity index is 391. The molecule has 0 amide bonds. The zero-order valence-corrected chi connectivity index (χ0v) is 11.1. The summed E-state index contributed by atoms with van der Waals surface area (Å²) in [6.07, 6.45) is 2.41. The normalized spacial score (nSPS) is 19.2.